The maximum atomic E-state index is 5.84. The van der Waals surface area contributed by atoms with Crippen LogP contribution in [0.15, 0.2) is 12.3 Å². The lowest BCUT2D eigenvalue weighted by Crippen LogP contribution is -2.35. The molecule has 1 aliphatic heterocycles. The molecule has 2 unspecified atom stereocenters. The van der Waals surface area contributed by atoms with Crippen LogP contribution in [-0.4, -0.2) is 17.6 Å². The van der Waals surface area contributed by atoms with Gasteiger partial charge in [-0.25, -0.2) is 4.98 Å². The van der Waals surface area contributed by atoms with Gasteiger partial charge in [0.15, 0.2) is 0 Å². The Labute approximate surface area is 103 Å². The number of aryl methyl sites for hydroxylation is 1. The van der Waals surface area contributed by atoms with E-state index in [1.807, 2.05) is 0 Å². The minimum absolute atomic E-state index is 0.735. The fourth-order valence-corrected chi connectivity index (χ4v) is 3.40. The summed E-state index contributed by atoms with van der Waals surface area (Å²) in [5.41, 5.74) is 7.78. The van der Waals surface area contributed by atoms with Crippen LogP contribution in [0, 0.1) is 12.8 Å². The van der Waals surface area contributed by atoms with E-state index in [-0.39, 0.29) is 0 Å². The van der Waals surface area contributed by atoms with Gasteiger partial charge in [0.2, 0.25) is 0 Å². The Bertz CT molecular complexity index is 416. The maximum absolute atomic E-state index is 5.84. The summed E-state index contributed by atoms with van der Waals surface area (Å²) in [5, 5.41) is 0. The van der Waals surface area contributed by atoms with Gasteiger partial charge in [0.25, 0.3) is 0 Å². The number of anilines is 2. The van der Waals surface area contributed by atoms with Crippen molar-refractivity contribution in [2.24, 2.45) is 5.92 Å². The topological polar surface area (TPSA) is 42.2 Å². The molecule has 0 aromatic carbocycles. The third kappa shape index (κ3) is 1.88. The molecule has 2 heterocycles. The van der Waals surface area contributed by atoms with E-state index >= 15 is 0 Å². The molecule has 0 spiro atoms. The molecule has 1 aromatic rings. The Hall–Kier alpha value is -1.25. The molecule has 17 heavy (non-hydrogen) atoms. The average molecular weight is 231 g/mol. The van der Waals surface area contributed by atoms with Crippen LogP contribution >= 0.6 is 0 Å². The summed E-state index contributed by atoms with van der Waals surface area (Å²) < 4.78 is 0. The summed E-state index contributed by atoms with van der Waals surface area (Å²) in [6.45, 7) is 3.24. The lowest BCUT2D eigenvalue weighted by atomic mass is 9.85. The number of hydrogen-bond acceptors (Lipinski definition) is 3. The summed E-state index contributed by atoms with van der Waals surface area (Å²) in [7, 11) is 0. The smallest absolute Gasteiger partial charge is 0.129 e. The van der Waals surface area contributed by atoms with Gasteiger partial charge in [0, 0.05) is 12.6 Å². The van der Waals surface area contributed by atoms with Crippen LogP contribution in [0.4, 0.5) is 11.5 Å². The summed E-state index contributed by atoms with van der Waals surface area (Å²) >= 11 is 0. The van der Waals surface area contributed by atoms with Crippen LogP contribution in [-0.2, 0) is 0 Å². The molecule has 2 fully saturated rings. The minimum atomic E-state index is 0.735. The van der Waals surface area contributed by atoms with E-state index in [0.717, 1.165) is 29.0 Å². The molecular formula is C14H21N3. The fraction of sp³-hybridized carbons (Fsp3) is 0.643. The Balaban J connectivity index is 1.86. The Morgan fingerprint density at radius 3 is 2.94 bits per heavy atom. The van der Waals surface area contributed by atoms with Crippen LogP contribution in [0.1, 0.15) is 37.7 Å². The molecule has 1 saturated carbocycles. The molecule has 0 radical (unpaired) electrons. The first-order chi connectivity index (χ1) is 8.25. The summed E-state index contributed by atoms with van der Waals surface area (Å²) in [6.07, 6.45) is 8.70. The second-order valence-corrected chi connectivity index (χ2v) is 5.49. The van der Waals surface area contributed by atoms with Crippen molar-refractivity contribution in [2.75, 3.05) is 17.2 Å². The predicted octanol–water partition coefficient (Wildman–Crippen LogP) is 2.74. The van der Waals surface area contributed by atoms with Crippen molar-refractivity contribution in [3.05, 3.63) is 17.8 Å². The zero-order valence-electron chi connectivity index (χ0n) is 10.5. The highest BCUT2D eigenvalue weighted by Crippen LogP contribution is 2.38. The van der Waals surface area contributed by atoms with E-state index in [2.05, 4.69) is 22.9 Å². The molecule has 2 atom stereocenters. The molecule has 0 bridgehead atoms. The van der Waals surface area contributed by atoms with Crippen molar-refractivity contribution < 1.29 is 0 Å². The zero-order chi connectivity index (χ0) is 11.8. The third-order valence-electron chi connectivity index (χ3n) is 4.44. The van der Waals surface area contributed by atoms with Gasteiger partial charge in [-0.3, -0.25) is 0 Å². The van der Waals surface area contributed by atoms with Gasteiger partial charge in [0.05, 0.1) is 11.9 Å². The van der Waals surface area contributed by atoms with Crippen molar-refractivity contribution >= 4 is 11.5 Å². The van der Waals surface area contributed by atoms with Gasteiger partial charge in [-0.1, -0.05) is 12.8 Å². The standard InChI is InChI=1S/C14H21N3/c1-10-8-14(16-9-12(10)15)17-7-6-11-4-2-3-5-13(11)17/h8-9,11,13H,2-7,15H2,1H3. The molecule has 2 aliphatic rings. The van der Waals surface area contributed by atoms with Crippen molar-refractivity contribution in [1.82, 2.24) is 4.98 Å². The van der Waals surface area contributed by atoms with Crippen LogP contribution in [0.3, 0.4) is 0 Å². The molecule has 0 amide bonds. The van der Waals surface area contributed by atoms with E-state index < -0.39 is 0 Å². The van der Waals surface area contributed by atoms with Crippen molar-refractivity contribution in [3.8, 4) is 0 Å². The van der Waals surface area contributed by atoms with Crippen molar-refractivity contribution in [2.45, 2.75) is 45.1 Å². The van der Waals surface area contributed by atoms with Crippen LogP contribution in [0.25, 0.3) is 0 Å². The summed E-state index contributed by atoms with van der Waals surface area (Å²) in [4.78, 5) is 7.02. The minimum Gasteiger partial charge on any atom is -0.397 e. The summed E-state index contributed by atoms with van der Waals surface area (Å²) in [6, 6.07) is 2.88. The van der Waals surface area contributed by atoms with Gasteiger partial charge in [-0.15, -0.1) is 0 Å². The fourth-order valence-electron chi connectivity index (χ4n) is 3.40. The van der Waals surface area contributed by atoms with Gasteiger partial charge >= 0.3 is 0 Å². The number of nitrogen functional groups attached to an aromatic ring is 1. The molecule has 3 heteroatoms. The van der Waals surface area contributed by atoms with Gasteiger partial charge in [-0.05, 0) is 43.7 Å². The number of nitrogens with two attached hydrogens (primary N) is 1. The van der Waals surface area contributed by atoms with Crippen LogP contribution in [0.2, 0.25) is 0 Å². The van der Waals surface area contributed by atoms with Crippen LogP contribution in [0.5, 0.6) is 0 Å². The highest BCUT2D eigenvalue weighted by Gasteiger charge is 2.36. The van der Waals surface area contributed by atoms with Gasteiger partial charge in [0.1, 0.15) is 5.82 Å². The monoisotopic (exact) mass is 231 g/mol. The SMILES string of the molecule is Cc1cc(N2CCC3CCCCC32)ncc1N. The normalized spacial score (nSPS) is 28.2. The van der Waals surface area contributed by atoms with E-state index in [1.165, 1.54) is 38.6 Å². The van der Waals surface area contributed by atoms with E-state index in [1.54, 1.807) is 6.20 Å². The first-order valence-electron chi connectivity index (χ1n) is 6.74. The first-order valence-corrected chi connectivity index (χ1v) is 6.74. The molecule has 3 nitrogen and oxygen atoms in total. The zero-order valence-corrected chi connectivity index (χ0v) is 10.5. The molecular weight excluding hydrogens is 210 g/mol. The van der Waals surface area contributed by atoms with E-state index in [4.69, 9.17) is 5.73 Å². The Kier molecular flexibility index (Phi) is 2.69. The van der Waals surface area contributed by atoms with Gasteiger partial charge < -0.3 is 10.6 Å². The highest BCUT2D eigenvalue weighted by molar-refractivity contribution is 5.53. The van der Waals surface area contributed by atoms with E-state index in [0.29, 0.717) is 0 Å². The molecule has 3 rings (SSSR count). The summed E-state index contributed by atoms with van der Waals surface area (Å²) in [5.74, 6) is 2.04. The molecule has 1 aromatic heterocycles. The largest absolute Gasteiger partial charge is 0.397 e. The van der Waals surface area contributed by atoms with Crippen LogP contribution < -0.4 is 10.6 Å². The highest BCUT2D eigenvalue weighted by atomic mass is 15.2. The van der Waals surface area contributed by atoms with Gasteiger partial charge in [-0.2, -0.15) is 0 Å². The Morgan fingerprint density at radius 1 is 1.29 bits per heavy atom. The first kappa shape index (κ1) is 10.9. The number of aromatic nitrogens is 1. The van der Waals surface area contributed by atoms with Crippen molar-refractivity contribution in [1.29, 1.82) is 0 Å². The van der Waals surface area contributed by atoms with Crippen molar-refractivity contribution in [3.63, 3.8) is 0 Å². The number of pyridine rings is 1. The molecule has 92 valence electrons. The molecule has 1 aliphatic carbocycles. The molecule has 1 saturated heterocycles. The average Bonchev–Trinajstić information content (AvgIpc) is 2.76. The Morgan fingerprint density at radius 2 is 2.12 bits per heavy atom. The molecule has 2 N–H and O–H groups in total. The second kappa shape index (κ2) is 4.21. The number of hydrogen-bond donors (Lipinski definition) is 1. The third-order valence-corrected chi connectivity index (χ3v) is 4.44. The maximum Gasteiger partial charge on any atom is 0.129 e. The second-order valence-electron chi connectivity index (χ2n) is 5.49. The number of nitrogens with zero attached hydrogens (tertiary/aromatic N) is 2. The van der Waals surface area contributed by atoms with E-state index in [9.17, 15) is 0 Å². The number of rotatable bonds is 1. The lowest BCUT2D eigenvalue weighted by molar-refractivity contribution is 0.341. The lowest BCUT2D eigenvalue weighted by Gasteiger charge is -2.32. The quantitative estimate of drug-likeness (QED) is 0.808. The predicted molar refractivity (Wildman–Crippen MR) is 71.1 cm³/mol. The number of fused-ring (bicyclic) bond motifs is 1.